The minimum absolute atomic E-state index is 0.226. The van der Waals surface area contributed by atoms with E-state index >= 15 is 0 Å². The van der Waals surface area contributed by atoms with Crippen molar-refractivity contribution in [3.8, 4) is 0 Å². The zero-order chi connectivity index (χ0) is 12.6. The van der Waals surface area contributed by atoms with Gasteiger partial charge in [-0.3, -0.25) is 0 Å². The molecule has 1 aliphatic rings. The van der Waals surface area contributed by atoms with Gasteiger partial charge in [-0.25, -0.2) is 4.39 Å². The maximum Gasteiger partial charge on any atom is 0.416 e. The number of nitrogens with two attached hydrogens (primary N) is 1. The molecule has 0 bridgehead atoms. The van der Waals surface area contributed by atoms with Crippen molar-refractivity contribution in [2.45, 2.75) is 31.5 Å². The fraction of sp³-hybridized carbons (Fsp3) is 0.500. The highest BCUT2D eigenvalue weighted by atomic mass is 19.4. The summed E-state index contributed by atoms with van der Waals surface area (Å²) in [7, 11) is 0. The van der Waals surface area contributed by atoms with Gasteiger partial charge in [0.1, 0.15) is 5.82 Å². The first kappa shape index (κ1) is 12.4. The summed E-state index contributed by atoms with van der Waals surface area (Å²) in [6, 6.07) is 2.01. The number of benzene rings is 1. The van der Waals surface area contributed by atoms with Gasteiger partial charge in [0.05, 0.1) is 5.56 Å². The molecule has 5 heteroatoms. The third kappa shape index (κ3) is 3.19. The van der Waals surface area contributed by atoms with Gasteiger partial charge in [0.15, 0.2) is 0 Å². The molecule has 1 nitrogen and oxygen atoms in total. The Morgan fingerprint density at radius 2 is 1.88 bits per heavy atom. The summed E-state index contributed by atoms with van der Waals surface area (Å²) in [5.74, 6) is -0.399. The molecular formula is C12H13F4N. The Morgan fingerprint density at radius 1 is 1.24 bits per heavy atom. The third-order valence-electron chi connectivity index (χ3n) is 2.96. The molecule has 17 heavy (non-hydrogen) atoms. The molecule has 0 heterocycles. The minimum atomic E-state index is -4.53. The van der Waals surface area contributed by atoms with E-state index in [9.17, 15) is 17.6 Å². The SMILES string of the molecule is N[C@H](CC1CC1)c1cc(F)cc(C(F)(F)F)c1. The van der Waals surface area contributed by atoms with Crippen LogP contribution in [0.2, 0.25) is 0 Å². The van der Waals surface area contributed by atoms with Crippen molar-refractivity contribution in [3.63, 3.8) is 0 Å². The Kier molecular flexibility index (Phi) is 3.12. The van der Waals surface area contributed by atoms with Crippen LogP contribution in [0.1, 0.15) is 36.4 Å². The van der Waals surface area contributed by atoms with Gasteiger partial charge < -0.3 is 5.73 Å². The first-order valence-electron chi connectivity index (χ1n) is 5.49. The van der Waals surface area contributed by atoms with Crippen molar-refractivity contribution in [1.29, 1.82) is 0 Å². The molecule has 1 aromatic carbocycles. The van der Waals surface area contributed by atoms with Gasteiger partial charge in [-0.2, -0.15) is 13.2 Å². The molecule has 0 unspecified atom stereocenters. The maximum absolute atomic E-state index is 13.1. The van der Waals surface area contributed by atoms with E-state index < -0.39 is 23.6 Å². The lowest BCUT2D eigenvalue weighted by Crippen LogP contribution is -2.14. The van der Waals surface area contributed by atoms with Crippen molar-refractivity contribution < 1.29 is 17.6 Å². The topological polar surface area (TPSA) is 26.0 Å². The van der Waals surface area contributed by atoms with E-state index in [1.807, 2.05) is 0 Å². The summed E-state index contributed by atoms with van der Waals surface area (Å²) >= 11 is 0. The third-order valence-corrected chi connectivity index (χ3v) is 2.96. The highest BCUT2D eigenvalue weighted by Gasteiger charge is 2.32. The van der Waals surface area contributed by atoms with E-state index in [1.54, 1.807) is 0 Å². The van der Waals surface area contributed by atoms with Crippen LogP contribution >= 0.6 is 0 Å². The lowest BCUT2D eigenvalue weighted by molar-refractivity contribution is -0.137. The van der Waals surface area contributed by atoms with Gasteiger partial charge in [0.2, 0.25) is 0 Å². The molecule has 0 radical (unpaired) electrons. The Bertz CT molecular complexity index is 409. The van der Waals surface area contributed by atoms with Crippen LogP contribution in [0, 0.1) is 11.7 Å². The van der Waals surface area contributed by atoms with Crippen LogP contribution in [-0.2, 0) is 6.18 Å². The van der Waals surface area contributed by atoms with Crippen LogP contribution in [0.5, 0.6) is 0 Å². The van der Waals surface area contributed by atoms with Crippen molar-refractivity contribution in [2.24, 2.45) is 11.7 Å². The quantitative estimate of drug-likeness (QED) is 0.811. The van der Waals surface area contributed by atoms with Gasteiger partial charge in [0.25, 0.3) is 0 Å². The van der Waals surface area contributed by atoms with Crippen molar-refractivity contribution >= 4 is 0 Å². The van der Waals surface area contributed by atoms with Crippen molar-refractivity contribution in [3.05, 3.63) is 35.1 Å². The molecule has 0 aliphatic heterocycles. The maximum atomic E-state index is 13.1. The standard InChI is InChI=1S/C12H13F4N/c13-10-5-8(11(17)3-7-1-2-7)4-9(6-10)12(14,15)16/h4-7,11H,1-3,17H2/t11-/m1/s1. The van der Waals surface area contributed by atoms with Gasteiger partial charge >= 0.3 is 6.18 Å². The van der Waals surface area contributed by atoms with Crippen LogP contribution in [0.4, 0.5) is 17.6 Å². The smallest absolute Gasteiger partial charge is 0.324 e. The molecule has 1 fully saturated rings. The summed E-state index contributed by atoms with van der Waals surface area (Å²) in [4.78, 5) is 0. The normalized spacial score (nSPS) is 18.2. The van der Waals surface area contributed by atoms with Crippen molar-refractivity contribution in [2.75, 3.05) is 0 Å². The first-order chi connectivity index (χ1) is 7.86. The number of alkyl halides is 3. The Balaban J connectivity index is 2.23. The molecular weight excluding hydrogens is 234 g/mol. The van der Waals surface area contributed by atoms with E-state index in [1.165, 1.54) is 0 Å². The molecule has 2 rings (SSSR count). The van der Waals surface area contributed by atoms with Crippen LogP contribution in [0.3, 0.4) is 0 Å². The Labute approximate surface area is 96.6 Å². The molecule has 0 saturated heterocycles. The number of hydrogen-bond acceptors (Lipinski definition) is 1. The highest BCUT2D eigenvalue weighted by molar-refractivity contribution is 5.29. The van der Waals surface area contributed by atoms with E-state index in [4.69, 9.17) is 5.73 Å². The first-order valence-corrected chi connectivity index (χ1v) is 5.49. The van der Waals surface area contributed by atoms with E-state index in [0.717, 1.165) is 25.0 Å². The summed E-state index contributed by atoms with van der Waals surface area (Å²) in [6.07, 6.45) is -1.78. The minimum Gasteiger partial charge on any atom is -0.324 e. The van der Waals surface area contributed by atoms with Gasteiger partial charge in [0, 0.05) is 6.04 Å². The molecule has 94 valence electrons. The van der Waals surface area contributed by atoms with E-state index in [0.29, 0.717) is 18.4 Å². The Hall–Kier alpha value is -1.10. The lowest BCUT2D eigenvalue weighted by Gasteiger charge is -2.14. The summed E-state index contributed by atoms with van der Waals surface area (Å²) in [5.41, 5.74) is 5.04. The summed E-state index contributed by atoms with van der Waals surface area (Å²) in [5, 5.41) is 0. The zero-order valence-electron chi connectivity index (χ0n) is 9.10. The van der Waals surface area contributed by atoms with Gasteiger partial charge in [-0.1, -0.05) is 12.8 Å². The van der Waals surface area contributed by atoms with Gasteiger partial charge in [-0.15, -0.1) is 0 Å². The zero-order valence-corrected chi connectivity index (χ0v) is 9.10. The molecule has 1 aromatic rings. The van der Waals surface area contributed by atoms with Crippen LogP contribution < -0.4 is 5.73 Å². The molecule has 0 aromatic heterocycles. The molecule has 1 atom stereocenters. The highest BCUT2D eigenvalue weighted by Crippen LogP contribution is 2.38. The predicted molar refractivity (Wildman–Crippen MR) is 55.7 cm³/mol. The monoisotopic (exact) mass is 247 g/mol. The molecule has 2 N–H and O–H groups in total. The fourth-order valence-corrected chi connectivity index (χ4v) is 1.84. The van der Waals surface area contributed by atoms with Crippen LogP contribution in [-0.4, -0.2) is 0 Å². The summed E-state index contributed by atoms with van der Waals surface area (Å²) < 4.78 is 50.6. The number of hydrogen-bond donors (Lipinski definition) is 1. The summed E-state index contributed by atoms with van der Waals surface area (Å²) in [6.45, 7) is 0. The molecule has 1 saturated carbocycles. The second-order valence-corrected chi connectivity index (χ2v) is 4.56. The molecule has 0 spiro atoms. The van der Waals surface area contributed by atoms with E-state index in [2.05, 4.69) is 0 Å². The molecule has 1 aliphatic carbocycles. The van der Waals surface area contributed by atoms with Crippen LogP contribution in [0.25, 0.3) is 0 Å². The number of rotatable bonds is 3. The largest absolute Gasteiger partial charge is 0.416 e. The Morgan fingerprint density at radius 3 is 2.41 bits per heavy atom. The van der Waals surface area contributed by atoms with Crippen molar-refractivity contribution in [1.82, 2.24) is 0 Å². The lowest BCUT2D eigenvalue weighted by atomic mass is 9.99. The second kappa shape index (κ2) is 4.29. The number of halogens is 4. The van der Waals surface area contributed by atoms with Gasteiger partial charge in [-0.05, 0) is 36.1 Å². The predicted octanol–water partition coefficient (Wildman–Crippen LogP) is 3.64. The average molecular weight is 247 g/mol. The van der Waals surface area contributed by atoms with Crippen LogP contribution in [0.15, 0.2) is 18.2 Å². The fourth-order valence-electron chi connectivity index (χ4n) is 1.84. The van der Waals surface area contributed by atoms with E-state index in [-0.39, 0.29) is 5.56 Å². The molecule has 0 amide bonds. The average Bonchev–Trinajstić information content (AvgIpc) is 2.99. The second-order valence-electron chi connectivity index (χ2n) is 4.56.